The number of nitrogens with one attached hydrogen (secondary N) is 2. The van der Waals surface area contributed by atoms with Crippen molar-refractivity contribution in [2.24, 2.45) is 17.6 Å². The van der Waals surface area contributed by atoms with E-state index in [0.29, 0.717) is 18.9 Å². The number of hydrogen-bond acceptors (Lipinski definition) is 3. The maximum atomic E-state index is 12.2. The number of rotatable bonds is 6. The van der Waals surface area contributed by atoms with Gasteiger partial charge in [-0.05, 0) is 45.1 Å². The standard InChI is InChI=1S/C17H31N3O2/c1-12(19-17(22)13-6-2-3-7-13)10-16(21)20-15-9-5-4-8-14(15)11-18/h12-15H,2-11,18H2,1H3,(H,19,22)(H,20,21). The molecule has 0 saturated heterocycles. The van der Waals surface area contributed by atoms with E-state index in [1.54, 1.807) is 0 Å². The maximum absolute atomic E-state index is 12.2. The van der Waals surface area contributed by atoms with E-state index in [-0.39, 0.29) is 29.8 Å². The number of amides is 2. The number of hydrogen-bond donors (Lipinski definition) is 3. The van der Waals surface area contributed by atoms with Gasteiger partial charge in [-0.25, -0.2) is 0 Å². The van der Waals surface area contributed by atoms with Gasteiger partial charge in [-0.1, -0.05) is 25.7 Å². The Balaban J connectivity index is 1.72. The minimum Gasteiger partial charge on any atom is -0.353 e. The van der Waals surface area contributed by atoms with Gasteiger partial charge in [0.05, 0.1) is 0 Å². The molecule has 22 heavy (non-hydrogen) atoms. The summed E-state index contributed by atoms with van der Waals surface area (Å²) in [6, 6.07) is 0.108. The molecule has 0 spiro atoms. The summed E-state index contributed by atoms with van der Waals surface area (Å²) in [7, 11) is 0. The predicted molar refractivity (Wildman–Crippen MR) is 87.1 cm³/mol. The average molecular weight is 309 g/mol. The highest BCUT2D eigenvalue weighted by Crippen LogP contribution is 2.25. The Kier molecular flexibility index (Phi) is 6.68. The third kappa shape index (κ3) is 4.97. The van der Waals surface area contributed by atoms with Gasteiger partial charge in [0, 0.05) is 24.4 Å². The van der Waals surface area contributed by atoms with Gasteiger partial charge in [-0.2, -0.15) is 0 Å². The van der Waals surface area contributed by atoms with Crippen LogP contribution in [0.25, 0.3) is 0 Å². The normalized spacial score (nSPS) is 27.4. The lowest BCUT2D eigenvalue weighted by atomic mass is 9.84. The van der Waals surface area contributed by atoms with Crippen LogP contribution in [0.2, 0.25) is 0 Å². The molecule has 2 rings (SSSR count). The van der Waals surface area contributed by atoms with Gasteiger partial charge in [0.2, 0.25) is 11.8 Å². The fraction of sp³-hybridized carbons (Fsp3) is 0.882. The molecular formula is C17H31N3O2. The first-order valence-corrected chi connectivity index (χ1v) is 8.90. The molecule has 2 saturated carbocycles. The van der Waals surface area contributed by atoms with Gasteiger partial charge in [-0.15, -0.1) is 0 Å². The number of nitrogens with two attached hydrogens (primary N) is 1. The maximum Gasteiger partial charge on any atom is 0.223 e. The largest absolute Gasteiger partial charge is 0.353 e. The Morgan fingerprint density at radius 3 is 2.41 bits per heavy atom. The highest BCUT2D eigenvalue weighted by Gasteiger charge is 2.27. The van der Waals surface area contributed by atoms with Gasteiger partial charge < -0.3 is 16.4 Å². The van der Waals surface area contributed by atoms with E-state index < -0.39 is 0 Å². The predicted octanol–water partition coefficient (Wildman–Crippen LogP) is 1.71. The molecule has 4 N–H and O–H groups in total. The Morgan fingerprint density at radius 1 is 1.09 bits per heavy atom. The molecule has 0 aromatic rings. The van der Waals surface area contributed by atoms with E-state index >= 15 is 0 Å². The molecule has 2 fully saturated rings. The Hall–Kier alpha value is -1.10. The Bertz CT molecular complexity index is 380. The van der Waals surface area contributed by atoms with Crippen LogP contribution in [0.4, 0.5) is 0 Å². The molecule has 5 heteroatoms. The van der Waals surface area contributed by atoms with E-state index in [4.69, 9.17) is 5.73 Å². The van der Waals surface area contributed by atoms with Crippen LogP contribution in [0.1, 0.15) is 64.7 Å². The molecule has 3 atom stereocenters. The molecule has 2 aliphatic carbocycles. The molecule has 0 aliphatic heterocycles. The Morgan fingerprint density at radius 2 is 1.73 bits per heavy atom. The van der Waals surface area contributed by atoms with Gasteiger partial charge in [0.25, 0.3) is 0 Å². The minimum absolute atomic E-state index is 0.0320. The molecular weight excluding hydrogens is 278 g/mol. The van der Waals surface area contributed by atoms with E-state index in [1.165, 1.54) is 6.42 Å². The molecule has 5 nitrogen and oxygen atoms in total. The lowest BCUT2D eigenvalue weighted by Crippen LogP contribution is -2.47. The van der Waals surface area contributed by atoms with Gasteiger partial charge in [0.1, 0.15) is 0 Å². The van der Waals surface area contributed by atoms with E-state index in [9.17, 15) is 9.59 Å². The summed E-state index contributed by atoms with van der Waals surface area (Å²) in [5, 5.41) is 6.11. The second-order valence-electron chi connectivity index (χ2n) is 7.05. The molecule has 0 bridgehead atoms. The van der Waals surface area contributed by atoms with E-state index in [2.05, 4.69) is 10.6 Å². The van der Waals surface area contributed by atoms with Crippen molar-refractivity contribution in [3.05, 3.63) is 0 Å². The van der Waals surface area contributed by atoms with Crippen LogP contribution in [-0.2, 0) is 9.59 Å². The molecule has 2 amide bonds. The number of carbonyl (C=O) groups is 2. The first kappa shape index (κ1) is 17.3. The molecule has 0 radical (unpaired) electrons. The lowest BCUT2D eigenvalue weighted by Gasteiger charge is -2.31. The Labute approximate surface area is 133 Å². The third-order valence-corrected chi connectivity index (χ3v) is 5.16. The molecule has 3 unspecified atom stereocenters. The van der Waals surface area contributed by atoms with Crippen LogP contribution in [-0.4, -0.2) is 30.4 Å². The van der Waals surface area contributed by atoms with Crippen LogP contribution >= 0.6 is 0 Å². The zero-order valence-electron chi connectivity index (χ0n) is 13.8. The smallest absolute Gasteiger partial charge is 0.223 e. The van der Waals surface area contributed by atoms with Gasteiger partial charge in [-0.3, -0.25) is 9.59 Å². The summed E-state index contributed by atoms with van der Waals surface area (Å²) in [4.78, 5) is 24.2. The summed E-state index contributed by atoms with van der Waals surface area (Å²) in [5.41, 5.74) is 5.80. The van der Waals surface area contributed by atoms with Crippen LogP contribution < -0.4 is 16.4 Å². The van der Waals surface area contributed by atoms with Crippen molar-refractivity contribution in [3.63, 3.8) is 0 Å². The van der Waals surface area contributed by atoms with Crippen molar-refractivity contribution in [1.29, 1.82) is 0 Å². The van der Waals surface area contributed by atoms with Crippen molar-refractivity contribution in [2.75, 3.05) is 6.54 Å². The van der Waals surface area contributed by atoms with Crippen LogP contribution in [0.5, 0.6) is 0 Å². The second kappa shape index (κ2) is 8.51. The van der Waals surface area contributed by atoms with Crippen molar-refractivity contribution < 1.29 is 9.59 Å². The average Bonchev–Trinajstić information content (AvgIpc) is 3.01. The summed E-state index contributed by atoms with van der Waals surface area (Å²) >= 11 is 0. The van der Waals surface area contributed by atoms with Crippen molar-refractivity contribution >= 4 is 11.8 Å². The zero-order valence-corrected chi connectivity index (χ0v) is 13.8. The molecule has 2 aliphatic rings. The molecule has 0 aromatic heterocycles. The monoisotopic (exact) mass is 309 g/mol. The minimum atomic E-state index is -0.104. The topological polar surface area (TPSA) is 84.2 Å². The van der Waals surface area contributed by atoms with Crippen LogP contribution in [0.3, 0.4) is 0 Å². The molecule has 0 heterocycles. The van der Waals surface area contributed by atoms with Crippen molar-refractivity contribution in [3.8, 4) is 0 Å². The summed E-state index contributed by atoms with van der Waals surface area (Å²) in [6.45, 7) is 2.55. The lowest BCUT2D eigenvalue weighted by molar-refractivity contribution is -0.126. The van der Waals surface area contributed by atoms with Crippen LogP contribution in [0.15, 0.2) is 0 Å². The summed E-state index contributed by atoms with van der Waals surface area (Å²) in [6.07, 6.45) is 9.13. The first-order valence-electron chi connectivity index (χ1n) is 8.90. The van der Waals surface area contributed by atoms with E-state index in [1.807, 2.05) is 6.92 Å². The SMILES string of the molecule is CC(CC(=O)NC1CCCCC1CN)NC(=O)C1CCCC1. The summed E-state index contributed by atoms with van der Waals surface area (Å²) in [5.74, 6) is 0.714. The first-order chi connectivity index (χ1) is 10.6. The quantitative estimate of drug-likeness (QED) is 0.698. The fourth-order valence-electron chi connectivity index (χ4n) is 3.82. The van der Waals surface area contributed by atoms with Gasteiger partial charge >= 0.3 is 0 Å². The fourth-order valence-corrected chi connectivity index (χ4v) is 3.82. The highest BCUT2D eigenvalue weighted by molar-refractivity contribution is 5.81. The highest BCUT2D eigenvalue weighted by atomic mass is 16.2. The van der Waals surface area contributed by atoms with Crippen molar-refractivity contribution in [2.45, 2.75) is 76.8 Å². The van der Waals surface area contributed by atoms with E-state index in [0.717, 1.165) is 44.9 Å². The molecule has 126 valence electrons. The second-order valence-corrected chi connectivity index (χ2v) is 7.05. The van der Waals surface area contributed by atoms with Gasteiger partial charge in [0.15, 0.2) is 0 Å². The third-order valence-electron chi connectivity index (χ3n) is 5.16. The molecule has 0 aromatic carbocycles. The van der Waals surface area contributed by atoms with Crippen molar-refractivity contribution in [1.82, 2.24) is 10.6 Å². The van der Waals surface area contributed by atoms with Crippen LogP contribution in [0, 0.1) is 11.8 Å². The zero-order chi connectivity index (χ0) is 15.9. The number of carbonyl (C=O) groups excluding carboxylic acids is 2. The summed E-state index contributed by atoms with van der Waals surface area (Å²) < 4.78 is 0.